The van der Waals surface area contributed by atoms with Gasteiger partial charge in [-0.2, -0.15) is 0 Å². The largest absolute Gasteiger partial charge is 0.361 e. The zero-order chi connectivity index (χ0) is 14.1. The number of pyridine rings is 1. The molecule has 0 saturated heterocycles. The summed E-state index contributed by atoms with van der Waals surface area (Å²) >= 11 is 0. The summed E-state index contributed by atoms with van der Waals surface area (Å²) in [6, 6.07) is 11.9. The van der Waals surface area contributed by atoms with Crippen LogP contribution in [0.5, 0.6) is 0 Å². The number of aromatic nitrogens is 2. The van der Waals surface area contributed by atoms with E-state index < -0.39 is 0 Å². The highest BCUT2D eigenvalue weighted by Gasteiger charge is 2.09. The monoisotopic (exact) mass is 265 g/mol. The molecule has 0 bridgehead atoms. The molecule has 2 aromatic heterocycles. The fraction of sp³-hybridized carbons (Fsp3) is 0.125. The Kier molecular flexibility index (Phi) is 2.99. The summed E-state index contributed by atoms with van der Waals surface area (Å²) in [7, 11) is 3.46. The van der Waals surface area contributed by atoms with E-state index in [0.717, 1.165) is 22.2 Å². The van der Waals surface area contributed by atoms with Crippen molar-refractivity contribution >= 4 is 16.8 Å². The number of carbonyl (C=O) groups excluding carboxylic acids is 1. The van der Waals surface area contributed by atoms with Crippen LogP contribution < -0.4 is 0 Å². The minimum absolute atomic E-state index is 0.0369. The van der Waals surface area contributed by atoms with Gasteiger partial charge in [0, 0.05) is 43.0 Å². The number of fused-ring (bicyclic) bond motifs is 1. The average Bonchev–Trinajstić information content (AvgIpc) is 2.94. The van der Waals surface area contributed by atoms with Crippen molar-refractivity contribution in [3.8, 4) is 11.3 Å². The van der Waals surface area contributed by atoms with Crippen molar-refractivity contribution in [3.05, 3.63) is 54.4 Å². The highest BCUT2D eigenvalue weighted by Crippen LogP contribution is 2.22. The van der Waals surface area contributed by atoms with Crippen LogP contribution in [-0.4, -0.2) is 34.9 Å². The third-order valence-corrected chi connectivity index (χ3v) is 3.27. The number of nitrogens with zero attached hydrogens (tertiary/aromatic N) is 2. The maximum absolute atomic E-state index is 11.8. The zero-order valence-corrected chi connectivity index (χ0v) is 11.4. The Bertz CT molecular complexity index is 757. The second-order valence-corrected chi connectivity index (χ2v) is 4.91. The van der Waals surface area contributed by atoms with Crippen molar-refractivity contribution in [2.45, 2.75) is 0 Å². The van der Waals surface area contributed by atoms with Gasteiger partial charge >= 0.3 is 0 Å². The summed E-state index contributed by atoms with van der Waals surface area (Å²) in [5.74, 6) is -0.0369. The van der Waals surface area contributed by atoms with E-state index >= 15 is 0 Å². The van der Waals surface area contributed by atoms with Crippen molar-refractivity contribution in [2.75, 3.05) is 14.1 Å². The molecule has 2 heterocycles. The van der Waals surface area contributed by atoms with Crippen molar-refractivity contribution in [1.29, 1.82) is 0 Å². The molecule has 0 radical (unpaired) electrons. The maximum atomic E-state index is 11.8. The van der Waals surface area contributed by atoms with E-state index in [9.17, 15) is 4.79 Å². The minimum Gasteiger partial charge on any atom is -0.361 e. The van der Waals surface area contributed by atoms with Crippen LogP contribution in [0.25, 0.3) is 22.2 Å². The van der Waals surface area contributed by atoms with Gasteiger partial charge in [-0.25, -0.2) is 0 Å². The van der Waals surface area contributed by atoms with Crippen LogP contribution in [0.1, 0.15) is 10.4 Å². The van der Waals surface area contributed by atoms with Crippen LogP contribution in [0, 0.1) is 0 Å². The molecule has 1 N–H and O–H groups in total. The number of benzene rings is 1. The summed E-state index contributed by atoms with van der Waals surface area (Å²) in [5, 5.41) is 1.15. The number of rotatable bonds is 2. The first-order valence-electron chi connectivity index (χ1n) is 6.40. The lowest BCUT2D eigenvalue weighted by atomic mass is 10.1. The molecule has 0 aliphatic heterocycles. The quantitative estimate of drug-likeness (QED) is 0.774. The first-order valence-corrected chi connectivity index (χ1v) is 6.40. The molecule has 1 aromatic carbocycles. The number of H-pyrrole nitrogens is 1. The van der Waals surface area contributed by atoms with Crippen LogP contribution in [-0.2, 0) is 0 Å². The Morgan fingerprint density at radius 3 is 2.70 bits per heavy atom. The van der Waals surface area contributed by atoms with E-state index in [-0.39, 0.29) is 5.91 Å². The van der Waals surface area contributed by atoms with Crippen LogP contribution in [0.2, 0.25) is 0 Å². The normalized spacial score (nSPS) is 10.7. The molecular formula is C16H15N3O. The Morgan fingerprint density at radius 1 is 1.15 bits per heavy atom. The molecule has 0 saturated carbocycles. The average molecular weight is 265 g/mol. The summed E-state index contributed by atoms with van der Waals surface area (Å²) in [6.45, 7) is 0. The van der Waals surface area contributed by atoms with Gasteiger partial charge in [0.2, 0.25) is 0 Å². The standard InChI is InChI=1S/C16H15N3O/c1-19(2)16(20)13-4-6-15(18-10-13)11-3-5-14-12(9-11)7-8-17-14/h3-10,17H,1-2H3. The predicted molar refractivity (Wildman–Crippen MR) is 79.5 cm³/mol. The van der Waals surface area contributed by atoms with Gasteiger partial charge in [-0.3, -0.25) is 9.78 Å². The minimum atomic E-state index is -0.0369. The Labute approximate surface area is 117 Å². The van der Waals surface area contributed by atoms with Gasteiger partial charge in [0.05, 0.1) is 11.3 Å². The molecule has 4 nitrogen and oxygen atoms in total. The number of aromatic amines is 1. The smallest absolute Gasteiger partial charge is 0.254 e. The van der Waals surface area contributed by atoms with Crippen molar-refractivity contribution in [3.63, 3.8) is 0 Å². The van der Waals surface area contributed by atoms with Crippen molar-refractivity contribution < 1.29 is 4.79 Å². The number of nitrogens with one attached hydrogen (secondary N) is 1. The fourth-order valence-electron chi connectivity index (χ4n) is 2.16. The molecule has 4 heteroatoms. The lowest BCUT2D eigenvalue weighted by Gasteiger charge is -2.10. The highest BCUT2D eigenvalue weighted by atomic mass is 16.2. The van der Waals surface area contributed by atoms with Crippen molar-refractivity contribution in [1.82, 2.24) is 14.9 Å². The molecule has 0 atom stereocenters. The van der Waals surface area contributed by atoms with Gasteiger partial charge in [-0.05, 0) is 30.3 Å². The third-order valence-electron chi connectivity index (χ3n) is 3.27. The lowest BCUT2D eigenvalue weighted by molar-refractivity contribution is 0.0827. The molecule has 1 amide bonds. The second kappa shape index (κ2) is 4.81. The van der Waals surface area contributed by atoms with E-state index in [1.165, 1.54) is 0 Å². The predicted octanol–water partition coefficient (Wildman–Crippen LogP) is 2.93. The molecule has 0 aliphatic carbocycles. The Balaban J connectivity index is 1.96. The van der Waals surface area contributed by atoms with Crippen LogP contribution in [0.3, 0.4) is 0 Å². The van der Waals surface area contributed by atoms with Crippen LogP contribution in [0.15, 0.2) is 48.8 Å². The molecule has 3 aromatic rings. The topological polar surface area (TPSA) is 49.0 Å². The highest BCUT2D eigenvalue weighted by molar-refractivity contribution is 5.94. The van der Waals surface area contributed by atoms with E-state index in [2.05, 4.69) is 16.0 Å². The summed E-state index contributed by atoms with van der Waals surface area (Å²) in [6.07, 6.45) is 3.54. The first-order chi connectivity index (χ1) is 9.65. The fourth-order valence-corrected chi connectivity index (χ4v) is 2.16. The van der Waals surface area contributed by atoms with Gasteiger partial charge in [0.25, 0.3) is 5.91 Å². The second-order valence-electron chi connectivity index (χ2n) is 4.91. The molecule has 3 rings (SSSR count). The van der Waals surface area contributed by atoms with E-state index in [0.29, 0.717) is 5.56 Å². The number of hydrogen-bond donors (Lipinski definition) is 1. The Hall–Kier alpha value is -2.62. The summed E-state index contributed by atoms with van der Waals surface area (Å²) in [4.78, 5) is 20.9. The number of hydrogen-bond acceptors (Lipinski definition) is 2. The number of carbonyl (C=O) groups is 1. The molecule has 0 aliphatic rings. The molecule has 0 spiro atoms. The lowest BCUT2D eigenvalue weighted by Crippen LogP contribution is -2.21. The summed E-state index contributed by atoms with van der Waals surface area (Å²) < 4.78 is 0. The summed E-state index contributed by atoms with van der Waals surface area (Å²) in [5.41, 5.74) is 3.61. The first kappa shape index (κ1) is 12.4. The Morgan fingerprint density at radius 2 is 2.00 bits per heavy atom. The van der Waals surface area contributed by atoms with Gasteiger partial charge in [-0.1, -0.05) is 6.07 Å². The van der Waals surface area contributed by atoms with Crippen molar-refractivity contribution in [2.24, 2.45) is 0 Å². The molecule has 20 heavy (non-hydrogen) atoms. The molecular weight excluding hydrogens is 250 g/mol. The van der Waals surface area contributed by atoms with Gasteiger partial charge in [0.1, 0.15) is 0 Å². The third kappa shape index (κ3) is 2.16. The SMILES string of the molecule is CN(C)C(=O)c1ccc(-c2ccc3[nH]ccc3c2)nc1. The number of amides is 1. The zero-order valence-electron chi connectivity index (χ0n) is 11.4. The van der Waals surface area contributed by atoms with E-state index in [1.807, 2.05) is 36.5 Å². The van der Waals surface area contributed by atoms with Gasteiger partial charge < -0.3 is 9.88 Å². The van der Waals surface area contributed by atoms with Crippen LogP contribution >= 0.6 is 0 Å². The maximum Gasteiger partial charge on any atom is 0.254 e. The van der Waals surface area contributed by atoms with Crippen LogP contribution in [0.4, 0.5) is 0 Å². The molecule has 0 unspecified atom stereocenters. The van der Waals surface area contributed by atoms with E-state index in [1.54, 1.807) is 25.2 Å². The van der Waals surface area contributed by atoms with Gasteiger partial charge in [0.15, 0.2) is 0 Å². The molecule has 0 fully saturated rings. The van der Waals surface area contributed by atoms with Gasteiger partial charge in [-0.15, -0.1) is 0 Å². The van der Waals surface area contributed by atoms with E-state index in [4.69, 9.17) is 0 Å². The molecule has 100 valence electrons.